The van der Waals surface area contributed by atoms with Gasteiger partial charge in [0.05, 0.1) is 19.3 Å². The van der Waals surface area contributed by atoms with Crippen LogP contribution in [0.3, 0.4) is 0 Å². The van der Waals surface area contributed by atoms with Crippen LogP contribution >= 0.6 is 0 Å². The molecule has 8 heteroatoms. The van der Waals surface area contributed by atoms with Crippen molar-refractivity contribution in [1.82, 2.24) is 5.32 Å². The molecule has 1 heterocycles. The molecule has 0 radical (unpaired) electrons. The summed E-state index contributed by atoms with van der Waals surface area (Å²) in [5.41, 5.74) is 0.925. The lowest BCUT2D eigenvalue weighted by molar-refractivity contribution is -0.128. The molecule has 1 N–H and O–H groups in total. The summed E-state index contributed by atoms with van der Waals surface area (Å²) in [7, 11) is 1.59. The van der Waals surface area contributed by atoms with Gasteiger partial charge in [-0.1, -0.05) is 6.92 Å². The van der Waals surface area contributed by atoms with E-state index in [-0.39, 0.29) is 37.3 Å². The van der Waals surface area contributed by atoms with Crippen molar-refractivity contribution in [1.29, 1.82) is 0 Å². The normalized spacial score (nSPS) is 14.9. The molecular weight excluding hydrogens is 412 g/mol. The van der Waals surface area contributed by atoms with Crippen molar-refractivity contribution in [3.63, 3.8) is 0 Å². The summed E-state index contributed by atoms with van der Waals surface area (Å²) in [5, 5.41) is 2.76. The van der Waals surface area contributed by atoms with E-state index in [1.54, 1.807) is 56.5 Å². The largest absolute Gasteiger partial charge is 0.497 e. The lowest BCUT2D eigenvalue weighted by Gasteiger charge is -2.32. The monoisotopic (exact) mass is 440 g/mol. The lowest BCUT2D eigenvalue weighted by atomic mass is 10.0. The highest BCUT2D eigenvalue weighted by atomic mass is 16.5. The molecule has 32 heavy (non-hydrogen) atoms. The van der Waals surface area contributed by atoms with Gasteiger partial charge in [0, 0.05) is 12.0 Å². The second kappa shape index (κ2) is 10.7. The number of benzene rings is 2. The molecule has 0 aromatic heterocycles. The van der Waals surface area contributed by atoms with Gasteiger partial charge < -0.3 is 19.5 Å². The van der Waals surface area contributed by atoms with E-state index >= 15 is 0 Å². The smallest absolute Gasteiger partial charge is 0.268 e. The van der Waals surface area contributed by atoms with Crippen LogP contribution in [-0.4, -0.2) is 50.5 Å². The number of fused-ring (bicyclic) bond motifs is 1. The molecule has 1 aliphatic heterocycles. The number of hydrogen-bond acceptors (Lipinski definition) is 6. The van der Waals surface area contributed by atoms with E-state index in [2.05, 4.69) is 5.32 Å². The molecule has 2 amide bonds. The third-order valence-corrected chi connectivity index (χ3v) is 5.02. The van der Waals surface area contributed by atoms with Crippen LogP contribution in [0.5, 0.6) is 17.2 Å². The van der Waals surface area contributed by atoms with Gasteiger partial charge in [0.25, 0.3) is 5.91 Å². The predicted molar refractivity (Wildman–Crippen MR) is 120 cm³/mol. The van der Waals surface area contributed by atoms with Crippen molar-refractivity contribution in [2.24, 2.45) is 0 Å². The minimum absolute atomic E-state index is 0.0125. The van der Waals surface area contributed by atoms with Gasteiger partial charge in [0.15, 0.2) is 11.9 Å². The molecule has 1 atom stereocenters. The Morgan fingerprint density at radius 1 is 1.12 bits per heavy atom. The third kappa shape index (κ3) is 5.57. The molecule has 2 aromatic rings. The summed E-state index contributed by atoms with van der Waals surface area (Å²) in [6.07, 6.45) is 0.428. The van der Waals surface area contributed by atoms with Gasteiger partial charge in [0.1, 0.15) is 30.4 Å². The summed E-state index contributed by atoms with van der Waals surface area (Å²) in [6.45, 7) is 3.95. The fourth-order valence-corrected chi connectivity index (χ4v) is 3.35. The number of ketones is 1. The zero-order valence-corrected chi connectivity index (χ0v) is 18.6. The highest BCUT2D eigenvalue weighted by Crippen LogP contribution is 2.35. The average Bonchev–Trinajstić information content (AvgIpc) is 2.80. The quantitative estimate of drug-likeness (QED) is 0.451. The van der Waals surface area contributed by atoms with Crippen LogP contribution in [0.15, 0.2) is 42.5 Å². The van der Waals surface area contributed by atoms with Gasteiger partial charge >= 0.3 is 0 Å². The number of carbonyl (C=O) groups is 3. The van der Waals surface area contributed by atoms with Gasteiger partial charge in [0.2, 0.25) is 5.91 Å². The van der Waals surface area contributed by atoms with Crippen molar-refractivity contribution >= 4 is 23.3 Å². The molecule has 1 unspecified atom stereocenters. The zero-order valence-electron chi connectivity index (χ0n) is 18.6. The van der Waals surface area contributed by atoms with Crippen molar-refractivity contribution in [2.45, 2.75) is 32.8 Å². The lowest BCUT2D eigenvalue weighted by Crippen LogP contribution is -2.49. The van der Waals surface area contributed by atoms with E-state index in [9.17, 15) is 14.4 Å². The van der Waals surface area contributed by atoms with Crippen LogP contribution in [0.1, 0.15) is 37.0 Å². The van der Waals surface area contributed by atoms with E-state index in [4.69, 9.17) is 14.2 Å². The maximum Gasteiger partial charge on any atom is 0.268 e. The van der Waals surface area contributed by atoms with E-state index in [0.717, 1.165) is 12.2 Å². The number of Topliss-reactive ketones (excluding diaryl/α,β-unsaturated/α-hetero) is 1. The third-order valence-electron chi connectivity index (χ3n) is 5.02. The highest BCUT2D eigenvalue weighted by Gasteiger charge is 2.33. The Morgan fingerprint density at radius 3 is 2.53 bits per heavy atom. The van der Waals surface area contributed by atoms with Crippen LogP contribution in [0.25, 0.3) is 0 Å². The standard InChI is InChI=1S/C24H28N2O6/c1-4-5-21(27)17-6-11-22-20(14-17)26(24(29)16(2)32-22)15-23(28)25-12-13-31-19-9-7-18(30-3)8-10-19/h6-11,14,16H,4-5,12-13,15H2,1-3H3,(H,25,28). The number of ether oxygens (including phenoxy) is 3. The Bertz CT molecular complexity index is 973. The van der Waals surface area contributed by atoms with E-state index in [1.807, 2.05) is 6.92 Å². The number of hydrogen-bond donors (Lipinski definition) is 1. The molecule has 0 bridgehead atoms. The Labute approximate surface area is 187 Å². The van der Waals surface area contributed by atoms with Crippen LogP contribution in [0, 0.1) is 0 Å². The summed E-state index contributed by atoms with van der Waals surface area (Å²) in [5.74, 6) is 1.19. The van der Waals surface area contributed by atoms with Gasteiger partial charge in [-0.15, -0.1) is 0 Å². The second-order valence-corrected chi connectivity index (χ2v) is 7.41. The number of amides is 2. The van der Waals surface area contributed by atoms with Crippen molar-refractivity contribution in [3.8, 4) is 17.2 Å². The fourth-order valence-electron chi connectivity index (χ4n) is 3.35. The number of carbonyl (C=O) groups excluding carboxylic acids is 3. The SMILES string of the molecule is CCCC(=O)c1ccc2c(c1)N(CC(=O)NCCOc1ccc(OC)cc1)C(=O)C(C)O2. The van der Waals surface area contributed by atoms with Gasteiger partial charge in [-0.3, -0.25) is 19.3 Å². The number of rotatable bonds is 10. The molecule has 8 nitrogen and oxygen atoms in total. The molecule has 2 aromatic carbocycles. The Morgan fingerprint density at radius 2 is 1.84 bits per heavy atom. The van der Waals surface area contributed by atoms with Crippen molar-refractivity contribution in [2.75, 3.05) is 31.7 Å². The topological polar surface area (TPSA) is 94.2 Å². The average molecular weight is 440 g/mol. The van der Waals surface area contributed by atoms with E-state index in [1.165, 1.54) is 4.90 Å². The number of methoxy groups -OCH3 is 1. The zero-order chi connectivity index (χ0) is 23.1. The predicted octanol–water partition coefficient (Wildman–Crippen LogP) is 2.99. The van der Waals surface area contributed by atoms with Crippen molar-refractivity contribution < 1.29 is 28.6 Å². The van der Waals surface area contributed by atoms with E-state index < -0.39 is 6.10 Å². The highest BCUT2D eigenvalue weighted by molar-refractivity contribution is 6.05. The maximum absolute atomic E-state index is 12.7. The molecule has 0 spiro atoms. The maximum atomic E-state index is 12.7. The molecule has 0 saturated heterocycles. The summed E-state index contributed by atoms with van der Waals surface area (Å²) in [4.78, 5) is 38.9. The first kappa shape index (κ1) is 23.1. The van der Waals surface area contributed by atoms with Gasteiger partial charge in [-0.05, 0) is 55.8 Å². The summed E-state index contributed by atoms with van der Waals surface area (Å²) < 4.78 is 16.3. The molecule has 0 aliphatic carbocycles. The van der Waals surface area contributed by atoms with Crippen LogP contribution < -0.4 is 24.4 Å². The fraction of sp³-hybridized carbons (Fsp3) is 0.375. The molecule has 0 fully saturated rings. The number of nitrogens with one attached hydrogen (secondary N) is 1. The molecule has 0 saturated carbocycles. The van der Waals surface area contributed by atoms with Crippen LogP contribution in [-0.2, 0) is 9.59 Å². The van der Waals surface area contributed by atoms with Crippen LogP contribution in [0.2, 0.25) is 0 Å². The first-order valence-corrected chi connectivity index (χ1v) is 10.6. The number of nitrogens with zero attached hydrogens (tertiary/aromatic N) is 1. The van der Waals surface area contributed by atoms with Gasteiger partial charge in [-0.2, -0.15) is 0 Å². The first-order valence-electron chi connectivity index (χ1n) is 10.6. The summed E-state index contributed by atoms with van der Waals surface area (Å²) in [6, 6.07) is 12.1. The minimum atomic E-state index is -0.717. The second-order valence-electron chi connectivity index (χ2n) is 7.41. The van der Waals surface area contributed by atoms with Gasteiger partial charge in [-0.25, -0.2) is 0 Å². The Kier molecular flexibility index (Phi) is 7.70. The Hall–Kier alpha value is -3.55. The molecule has 1 aliphatic rings. The Balaban J connectivity index is 1.60. The summed E-state index contributed by atoms with van der Waals surface area (Å²) >= 11 is 0. The van der Waals surface area contributed by atoms with Crippen LogP contribution in [0.4, 0.5) is 5.69 Å². The number of anilines is 1. The molecule has 170 valence electrons. The minimum Gasteiger partial charge on any atom is -0.497 e. The van der Waals surface area contributed by atoms with Crippen molar-refractivity contribution in [3.05, 3.63) is 48.0 Å². The molecule has 3 rings (SSSR count). The molecular formula is C24H28N2O6. The first-order chi connectivity index (χ1) is 15.4. The van der Waals surface area contributed by atoms with E-state index in [0.29, 0.717) is 29.2 Å².